The molecule has 0 aliphatic rings. The Balaban J connectivity index is 1.68. The molecule has 5 aromatic carbocycles. The molecule has 0 aliphatic heterocycles. The molecule has 0 unspecified atom stereocenters. The van der Waals surface area contributed by atoms with E-state index in [-0.39, 0.29) is 32.3 Å². The molecule has 8 nitrogen and oxygen atoms in total. The van der Waals surface area contributed by atoms with Gasteiger partial charge in [-0.05, 0) is 124 Å². The van der Waals surface area contributed by atoms with Crippen molar-refractivity contribution in [2.45, 2.75) is 51.3 Å². The number of carbonyl (C=O) groups excluding carboxylic acids is 2. The molecule has 0 aromatic heterocycles. The summed E-state index contributed by atoms with van der Waals surface area (Å²) in [6.45, 7) is 10.5. The van der Waals surface area contributed by atoms with Crippen LogP contribution in [-0.4, -0.2) is 28.6 Å². The highest BCUT2D eigenvalue weighted by atomic mass is 32.2. The van der Waals surface area contributed by atoms with Gasteiger partial charge in [0.25, 0.3) is 31.9 Å². The van der Waals surface area contributed by atoms with Gasteiger partial charge in [0.05, 0.1) is 21.2 Å². The molecule has 0 aliphatic carbocycles. The molecule has 48 heavy (non-hydrogen) atoms. The van der Waals surface area contributed by atoms with Crippen LogP contribution in [-0.2, 0) is 20.0 Å². The summed E-state index contributed by atoms with van der Waals surface area (Å²) >= 11 is 0. The number of aryl methyl sites for hydroxylation is 6. The van der Waals surface area contributed by atoms with Gasteiger partial charge >= 0.3 is 0 Å². The van der Waals surface area contributed by atoms with E-state index >= 15 is 0 Å². The second-order valence-electron chi connectivity index (χ2n) is 11.9. The number of carbonyl (C=O) groups is 2. The van der Waals surface area contributed by atoms with E-state index in [1.807, 2.05) is 13.8 Å². The molecule has 0 fully saturated rings. The average molecular weight is 681 g/mol. The van der Waals surface area contributed by atoms with E-state index in [0.29, 0.717) is 30.9 Å². The molecule has 0 N–H and O–H groups in total. The number of sulfonamides is 2. The summed E-state index contributed by atoms with van der Waals surface area (Å²) in [4.78, 5) is 27.9. The largest absolute Gasteiger partial charge is 0.272 e. The number of hydrogen-bond donors (Lipinski definition) is 0. The maximum Gasteiger partial charge on any atom is 0.272 e. The van der Waals surface area contributed by atoms with Gasteiger partial charge in [-0.25, -0.2) is 16.8 Å². The predicted molar refractivity (Wildman–Crippen MR) is 189 cm³/mol. The second-order valence-corrected chi connectivity index (χ2v) is 15.4. The maximum atomic E-state index is 14.3. The summed E-state index contributed by atoms with van der Waals surface area (Å²) in [7, 11) is -8.92. The van der Waals surface area contributed by atoms with Crippen molar-refractivity contribution in [2.75, 3.05) is 8.61 Å². The van der Waals surface area contributed by atoms with Crippen LogP contribution < -0.4 is 8.61 Å². The first-order valence-electron chi connectivity index (χ1n) is 15.2. The first-order valence-corrected chi connectivity index (χ1v) is 18.1. The lowest BCUT2D eigenvalue weighted by Crippen LogP contribution is -2.38. The van der Waals surface area contributed by atoms with E-state index in [4.69, 9.17) is 0 Å². The van der Waals surface area contributed by atoms with Crippen molar-refractivity contribution in [3.63, 3.8) is 0 Å². The molecule has 0 radical (unpaired) electrons. The van der Waals surface area contributed by atoms with E-state index in [0.717, 1.165) is 11.1 Å². The number of benzene rings is 5. The van der Waals surface area contributed by atoms with Crippen LogP contribution in [0.4, 0.5) is 11.4 Å². The minimum atomic E-state index is -4.46. The molecule has 0 spiro atoms. The fourth-order valence-electron chi connectivity index (χ4n) is 5.25. The highest BCUT2D eigenvalue weighted by Crippen LogP contribution is 2.33. The Hall–Kier alpha value is -5.06. The Labute approximate surface area is 282 Å². The maximum absolute atomic E-state index is 14.3. The molecule has 0 atom stereocenters. The number of nitrogens with zero attached hydrogens (tertiary/aromatic N) is 2. The third-order valence-electron chi connectivity index (χ3n) is 8.01. The van der Waals surface area contributed by atoms with Gasteiger partial charge in [-0.15, -0.1) is 0 Å². The summed E-state index contributed by atoms with van der Waals surface area (Å²) in [5, 5.41) is 0. The van der Waals surface area contributed by atoms with Crippen LogP contribution >= 0.6 is 0 Å². The molecule has 10 heteroatoms. The lowest BCUT2D eigenvalue weighted by molar-refractivity contribution is 0.0996. The highest BCUT2D eigenvalue weighted by molar-refractivity contribution is 7.94. The fraction of sp³-hybridized carbons (Fsp3) is 0.158. The van der Waals surface area contributed by atoms with Gasteiger partial charge < -0.3 is 0 Å². The summed E-state index contributed by atoms with van der Waals surface area (Å²) in [5.74, 6) is -1.58. The monoisotopic (exact) mass is 680 g/mol. The second kappa shape index (κ2) is 13.2. The topological polar surface area (TPSA) is 109 Å². The highest BCUT2D eigenvalue weighted by Gasteiger charge is 2.36. The lowest BCUT2D eigenvalue weighted by atomic mass is 10.1. The molecule has 5 rings (SSSR count). The van der Waals surface area contributed by atoms with Crippen LogP contribution in [0.15, 0.2) is 119 Å². The molecule has 246 valence electrons. The Morgan fingerprint density at radius 1 is 0.417 bits per heavy atom. The number of hydrogen-bond acceptors (Lipinski definition) is 6. The van der Waals surface area contributed by atoms with Gasteiger partial charge in [-0.3, -0.25) is 9.59 Å². The zero-order valence-electron chi connectivity index (χ0n) is 27.6. The van der Waals surface area contributed by atoms with Crippen molar-refractivity contribution >= 4 is 43.2 Å². The van der Waals surface area contributed by atoms with E-state index < -0.39 is 31.9 Å². The van der Waals surface area contributed by atoms with Gasteiger partial charge in [0.2, 0.25) is 0 Å². The summed E-state index contributed by atoms with van der Waals surface area (Å²) in [6.07, 6.45) is 0. The van der Waals surface area contributed by atoms with Crippen molar-refractivity contribution in [1.82, 2.24) is 0 Å². The third kappa shape index (κ3) is 6.67. The summed E-state index contributed by atoms with van der Waals surface area (Å²) < 4.78 is 58.6. The van der Waals surface area contributed by atoms with Gasteiger partial charge in [-0.2, -0.15) is 8.61 Å². The van der Waals surface area contributed by atoms with Crippen molar-refractivity contribution in [1.29, 1.82) is 0 Å². The van der Waals surface area contributed by atoms with E-state index in [1.54, 1.807) is 100 Å². The van der Waals surface area contributed by atoms with E-state index in [2.05, 4.69) is 0 Å². The predicted octanol–water partition coefficient (Wildman–Crippen LogP) is 7.61. The molecule has 0 saturated heterocycles. The first-order chi connectivity index (χ1) is 22.6. The first kappa shape index (κ1) is 34.3. The molecule has 2 amide bonds. The molecule has 5 aromatic rings. The fourth-order valence-corrected chi connectivity index (χ4v) is 8.71. The van der Waals surface area contributed by atoms with E-state index in [1.165, 1.54) is 36.4 Å². The third-order valence-corrected chi connectivity index (χ3v) is 11.7. The Morgan fingerprint density at radius 3 is 1.02 bits per heavy atom. The van der Waals surface area contributed by atoms with Crippen molar-refractivity contribution in [3.8, 4) is 0 Å². The van der Waals surface area contributed by atoms with Gasteiger partial charge in [0.15, 0.2) is 0 Å². The van der Waals surface area contributed by atoms with Crippen molar-refractivity contribution in [2.24, 2.45) is 0 Å². The summed E-state index contributed by atoms with van der Waals surface area (Å²) in [6, 6.07) is 28.3. The van der Waals surface area contributed by atoms with Crippen LogP contribution in [0, 0.1) is 41.5 Å². The smallest absolute Gasteiger partial charge is 0.268 e. The molecular formula is C38H36N2O6S2. The Kier molecular flexibility index (Phi) is 9.44. The van der Waals surface area contributed by atoms with E-state index in [9.17, 15) is 26.4 Å². The van der Waals surface area contributed by atoms with Crippen molar-refractivity contribution in [3.05, 3.63) is 154 Å². The average Bonchev–Trinajstić information content (AvgIpc) is 3.04. The Morgan fingerprint density at radius 2 is 0.708 bits per heavy atom. The standard InChI is InChI=1S/C38H36N2O6S2/c1-25-9-15-31(16-10-25)37(41)39(47(43,44)35-23-27(3)7-13-29(35)5)33-19-21-34(22-20-33)40(38(42)32-17-11-26(2)12-18-32)48(45,46)36-24-28(4)8-14-30(36)6/h7-24H,1-6H3. The van der Waals surface area contributed by atoms with Gasteiger partial charge in [-0.1, -0.05) is 59.7 Å². The lowest BCUT2D eigenvalue weighted by Gasteiger charge is -2.26. The Bertz CT molecular complexity index is 2080. The SMILES string of the molecule is Cc1ccc(C(=O)N(c2ccc(N(C(=O)c3ccc(C)cc3)S(=O)(=O)c3cc(C)ccc3C)cc2)S(=O)(=O)c2cc(C)ccc2C)cc1. The zero-order valence-corrected chi connectivity index (χ0v) is 29.2. The molecule has 0 saturated carbocycles. The van der Waals surface area contributed by atoms with Crippen LogP contribution in [0.2, 0.25) is 0 Å². The minimum Gasteiger partial charge on any atom is -0.268 e. The van der Waals surface area contributed by atoms with Crippen LogP contribution in [0.1, 0.15) is 54.1 Å². The minimum absolute atomic E-state index is 0.0305. The van der Waals surface area contributed by atoms with Crippen LogP contribution in [0.25, 0.3) is 0 Å². The van der Waals surface area contributed by atoms with Gasteiger partial charge in [0.1, 0.15) is 0 Å². The van der Waals surface area contributed by atoms with Crippen molar-refractivity contribution < 1.29 is 26.4 Å². The quantitative estimate of drug-likeness (QED) is 0.167. The van der Waals surface area contributed by atoms with Crippen LogP contribution in [0.3, 0.4) is 0 Å². The summed E-state index contributed by atoms with van der Waals surface area (Å²) in [5.41, 5.74) is 4.31. The number of amides is 2. The molecule has 0 heterocycles. The molecular weight excluding hydrogens is 645 g/mol. The van der Waals surface area contributed by atoms with Gasteiger partial charge in [0, 0.05) is 11.1 Å². The normalized spacial score (nSPS) is 11.6. The number of anilines is 2. The molecule has 0 bridgehead atoms. The number of rotatable bonds is 8. The van der Waals surface area contributed by atoms with Crippen LogP contribution in [0.5, 0.6) is 0 Å². The zero-order chi connectivity index (χ0) is 35.0.